The van der Waals surface area contributed by atoms with Crippen molar-refractivity contribution in [3.05, 3.63) is 54.9 Å². The summed E-state index contributed by atoms with van der Waals surface area (Å²) >= 11 is 0. The zero-order valence-corrected chi connectivity index (χ0v) is 14.9. The van der Waals surface area contributed by atoms with Gasteiger partial charge in [-0.1, -0.05) is 0 Å². The first-order valence-electron chi connectivity index (χ1n) is 8.43. The Morgan fingerprint density at radius 2 is 2.00 bits per heavy atom. The number of ether oxygens (including phenoxy) is 1. The van der Waals surface area contributed by atoms with Gasteiger partial charge >= 0.3 is 5.97 Å². The minimum absolute atomic E-state index is 0.384. The first kappa shape index (κ1) is 18.2. The standard InChI is InChI=1S/C18H21N7O2/c1-27-18(26)13-3-5-14(6-4-13)24-17-15(19)16(22-11-23-17)21-7-2-9-25-10-8-20-12-25/h3-6,8,10-12H,2,7,9,19H2,1H3,(H2,21,22,23,24). The SMILES string of the molecule is COC(=O)c1ccc(Nc2ncnc(NCCCn3ccnc3)c2N)cc1. The molecule has 2 heterocycles. The summed E-state index contributed by atoms with van der Waals surface area (Å²) < 4.78 is 6.70. The molecular formula is C18H21N7O2. The summed E-state index contributed by atoms with van der Waals surface area (Å²) in [5.74, 6) is 0.683. The molecule has 0 saturated heterocycles. The van der Waals surface area contributed by atoms with E-state index in [4.69, 9.17) is 5.73 Å². The molecule has 0 radical (unpaired) electrons. The molecule has 0 aliphatic rings. The highest BCUT2D eigenvalue weighted by Crippen LogP contribution is 2.25. The van der Waals surface area contributed by atoms with Crippen LogP contribution in [-0.4, -0.2) is 39.1 Å². The van der Waals surface area contributed by atoms with Crippen molar-refractivity contribution in [2.75, 3.05) is 30.0 Å². The molecular weight excluding hydrogens is 346 g/mol. The Kier molecular flexibility index (Phi) is 5.83. The molecule has 3 rings (SSSR count). The number of hydrogen-bond donors (Lipinski definition) is 3. The summed E-state index contributed by atoms with van der Waals surface area (Å²) in [6.45, 7) is 1.57. The molecule has 27 heavy (non-hydrogen) atoms. The van der Waals surface area contributed by atoms with Crippen LogP contribution in [0.1, 0.15) is 16.8 Å². The lowest BCUT2D eigenvalue weighted by Crippen LogP contribution is -2.10. The minimum atomic E-state index is -0.384. The van der Waals surface area contributed by atoms with Gasteiger partial charge in [0.05, 0.1) is 19.0 Å². The van der Waals surface area contributed by atoms with Gasteiger partial charge in [-0.3, -0.25) is 0 Å². The second kappa shape index (κ2) is 8.65. The predicted octanol–water partition coefficient (Wildman–Crippen LogP) is 2.29. The van der Waals surface area contributed by atoms with Crippen molar-refractivity contribution in [3.8, 4) is 0 Å². The average molecular weight is 367 g/mol. The van der Waals surface area contributed by atoms with Crippen molar-refractivity contribution in [1.29, 1.82) is 0 Å². The number of hydrogen-bond acceptors (Lipinski definition) is 8. The Labute approximate surface area is 156 Å². The van der Waals surface area contributed by atoms with E-state index >= 15 is 0 Å². The van der Waals surface area contributed by atoms with Crippen LogP contribution in [0.4, 0.5) is 23.0 Å². The number of carbonyl (C=O) groups excluding carboxylic acids is 1. The maximum atomic E-state index is 11.5. The van der Waals surface area contributed by atoms with Crippen LogP contribution >= 0.6 is 0 Å². The van der Waals surface area contributed by atoms with Crippen molar-refractivity contribution in [3.63, 3.8) is 0 Å². The Morgan fingerprint density at radius 3 is 2.70 bits per heavy atom. The second-order valence-electron chi connectivity index (χ2n) is 5.76. The monoisotopic (exact) mass is 367 g/mol. The average Bonchev–Trinajstić information content (AvgIpc) is 3.21. The van der Waals surface area contributed by atoms with Gasteiger partial charge in [-0.2, -0.15) is 0 Å². The number of nitrogens with one attached hydrogen (secondary N) is 2. The fourth-order valence-corrected chi connectivity index (χ4v) is 2.47. The normalized spacial score (nSPS) is 10.4. The Balaban J connectivity index is 1.59. The summed E-state index contributed by atoms with van der Waals surface area (Å²) in [5, 5.41) is 6.35. The lowest BCUT2D eigenvalue weighted by atomic mass is 10.2. The first-order chi connectivity index (χ1) is 13.2. The fraction of sp³-hybridized carbons (Fsp3) is 0.222. The summed E-state index contributed by atoms with van der Waals surface area (Å²) in [7, 11) is 1.35. The third-order valence-corrected chi connectivity index (χ3v) is 3.90. The molecule has 9 nitrogen and oxygen atoms in total. The Morgan fingerprint density at radius 1 is 1.22 bits per heavy atom. The smallest absolute Gasteiger partial charge is 0.337 e. The van der Waals surface area contributed by atoms with Crippen LogP contribution in [0.5, 0.6) is 0 Å². The number of nitrogens with zero attached hydrogens (tertiary/aromatic N) is 4. The maximum Gasteiger partial charge on any atom is 0.337 e. The quantitative estimate of drug-likeness (QED) is 0.410. The van der Waals surface area contributed by atoms with E-state index in [1.54, 1.807) is 36.8 Å². The summed E-state index contributed by atoms with van der Waals surface area (Å²) in [5.41, 5.74) is 7.82. The number of anilines is 4. The molecule has 0 saturated carbocycles. The number of nitrogen functional groups attached to an aromatic ring is 1. The lowest BCUT2D eigenvalue weighted by Gasteiger charge is -2.13. The molecule has 1 aromatic carbocycles. The molecule has 0 bridgehead atoms. The molecule has 0 atom stereocenters. The second-order valence-corrected chi connectivity index (χ2v) is 5.76. The summed E-state index contributed by atoms with van der Waals surface area (Å²) in [4.78, 5) is 23.9. The number of methoxy groups -OCH3 is 1. The molecule has 140 valence electrons. The largest absolute Gasteiger partial charge is 0.465 e. The maximum absolute atomic E-state index is 11.5. The van der Waals surface area contributed by atoms with E-state index in [0.717, 1.165) is 18.7 Å². The molecule has 3 aromatic rings. The van der Waals surface area contributed by atoms with Gasteiger partial charge in [0, 0.05) is 31.2 Å². The summed E-state index contributed by atoms with van der Waals surface area (Å²) in [6.07, 6.45) is 7.81. The molecule has 2 aromatic heterocycles. The fourth-order valence-electron chi connectivity index (χ4n) is 2.47. The molecule has 0 fully saturated rings. The van der Waals surface area contributed by atoms with E-state index in [0.29, 0.717) is 29.4 Å². The highest BCUT2D eigenvalue weighted by atomic mass is 16.5. The Hall–Kier alpha value is -3.62. The molecule has 0 aliphatic heterocycles. The van der Waals surface area contributed by atoms with Gasteiger partial charge in [0.25, 0.3) is 0 Å². The van der Waals surface area contributed by atoms with E-state index < -0.39 is 0 Å². The number of rotatable bonds is 8. The number of nitrogens with two attached hydrogens (primary N) is 1. The van der Waals surface area contributed by atoms with Crippen LogP contribution < -0.4 is 16.4 Å². The van der Waals surface area contributed by atoms with Crippen LogP contribution in [0.15, 0.2) is 49.3 Å². The van der Waals surface area contributed by atoms with Crippen LogP contribution in [0.2, 0.25) is 0 Å². The third kappa shape index (κ3) is 4.72. The molecule has 9 heteroatoms. The van der Waals surface area contributed by atoms with Gasteiger partial charge in [-0.05, 0) is 30.7 Å². The number of esters is 1. The van der Waals surface area contributed by atoms with E-state index in [1.165, 1.54) is 13.4 Å². The third-order valence-electron chi connectivity index (χ3n) is 3.90. The van der Waals surface area contributed by atoms with Crippen LogP contribution in [-0.2, 0) is 11.3 Å². The highest BCUT2D eigenvalue weighted by molar-refractivity contribution is 5.90. The van der Waals surface area contributed by atoms with Gasteiger partial charge in [0.15, 0.2) is 11.6 Å². The van der Waals surface area contributed by atoms with Crippen LogP contribution in [0, 0.1) is 0 Å². The highest BCUT2D eigenvalue weighted by Gasteiger charge is 2.09. The number of aromatic nitrogens is 4. The zero-order valence-electron chi connectivity index (χ0n) is 14.9. The summed E-state index contributed by atoms with van der Waals surface area (Å²) in [6, 6.07) is 6.85. The van der Waals surface area contributed by atoms with Crippen molar-refractivity contribution in [1.82, 2.24) is 19.5 Å². The Bertz CT molecular complexity index is 879. The molecule has 0 amide bonds. The van der Waals surface area contributed by atoms with Crippen molar-refractivity contribution < 1.29 is 9.53 Å². The first-order valence-corrected chi connectivity index (χ1v) is 8.43. The van der Waals surface area contributed by atoms with Crippen LogP contribution in [0.25, 0.3) is 0 Å². The lowest BCUT2D eigenvalue weighted by molar-refractivity contribution is 0.0601. The van der Waals surface area contributed by atoms with Crippen molar-refractivity contribution >= 4 is 29.0 Å². The molecule has 0 unspecified atom stereocenters. The molecule has 4 N–H and O–H groups in total. The van der Waals surface area contributed by atoms with E-state index in [1.807, 2.05) is 10.8 Å². The van der Waals surface area contributed by atoms with Gasteiger partial charge in [0.1, 0.15) is 12.0 Å². The topological polar surface area (TPSA) is 120 Å². The van der Waals surface area contributed by atoms with E-state index in [-0.39, 0.29) is 5.97 Å². The number of benzene rings is 1. The zero-order chi connectivity index (χ0) is 19.1. The molecule has 0 spiro atoms. The number of imidazole rings is 1. The van der Waals surface area contributed by atoms with Crippen LogP contribution in [0.3, 0.4) is 0 Å². The van der Waals surface area contributed by atoms with Gasteiger partial charge in [0.2, 0.25) is 0 Å². The van der Waals surface area contributed by atoms with Gasteiger partial charge < -0.3 is 25.7 Å². The van der Waals surface area contributed by atoms with Crippen molar-refractivity contribution in [2.24, 2.45) is 0 Å². The minimum Gasteiger partial charge on any atom is -0.465 e. The van der Waals surface area contributed by atoms with Gasteiger partial charge in [-0.15, -0.1) is 0 Å². The van der Waals surface area contributed by atoms with E-state index in [2.05, 4.69) is 30.3 Å². The number of carbonyl (C=O) groups is 1. The van der Waals surface area contributed by atoms with E-state index in [9.17, 15) is 4.79 Å². The predicted molar refractivity (Wildman–Crippen MR) is 103 cm³/mol. The number of aryl methyl sites for hydroxylation is 1. The molecule has 0 aliphatic carbocycles. The van der Waals surface area contributed by atoms with Gasteiger partial charge in [-0.25, -0.2) is 19.7 Å². The van der Waals surface area contributed by atoms with Crippen molar-refractivity contribution in [2.45, 2.75) is 13.0 Å².